The quantitative estimate of drug-likeness (QED) is 0.0511. The molecule has 18 heteroatoms. The normalized spacial score (nSPS) is 42.7. The molecule has 0 amide bonds. The molecule has 47 heavy (non-hydrogen) atoms. The Bertz CT molecular complexity index is 926. The van der Waals surface area contributed by atoms with E-state index in [1.807, 2.05) is 0 Å². The van der Waals surface area contributed by atoms with Crippen LogP contribution >= 0.6 is 0 Å². The van der Waals surface area contributed by atoms with Gasteiger partial charge in [-0.2, -0.15) is 0 Å². The monoisotopic (exact) mass is 688 g/mol. The van der Waals surface area contributed by atoms with E-state index < -0.39 is 111 Å². The standard InChI is InChI=1S/C29H52O18/c1-29(40)25(39)20(36)16(13-32)45-28(29)47-24-21(37)18(34)14(11-30)44-27(24)46-23-19(35)15(12-31)43-26(22(23)38)42-10-8-6-4-3-5-7-9-17(33)41-2/h14-16,18-28,30-32,34-40H,3-13H2,1-2H3/t14-,15-,16-,18-,19-,20-,21+,22-,23+,24-,25+,26+,27-,28-,29-/m1/s1. The smallest absolute Gasteiger partial charge is 0.305 e. The van der Waals surface area contributed by atoms with Crippen LogP contribution in [0.2, 0.25) is 0 Å². The maximum atomic E-state index is 11.2. The summed E-state index contributed by atoms with van der Waals surface area (Å²) < 4.78 is 38.5. The summed E-state index contributed by atoms with van der Waals surface area (Å²) in [5.41, 5.74) is -2.32. The maximum Gasteiger partial charge on any atom is 0.305 e. The molecule has 0 aromatic rings. The van der Waals surface area contributed by atoms with Gasteiger partial charge >= 0.3 is 5.97 Å². The highest BCUT2D eigenvalue weighted by molar-refractivity contribution is 5.68. The molecule has 3 saturated heterocycles. The summed E-state index contributed by atoms with van der Waals surface area (Å²) in [4.78, 5) is 11.2. The lowest BCUT2D eigenvalue weighted by Crippen LogP contribution is -2.69. The highest BCUT2D eigenvalue weighted by Gasteiger charge is 2.57. The van der Waals surface area contributed by atoms with Crippen LogP contribution in [0.3, 0.4) is 0 Å². The third-order valence-electron chi connectivity index (χ3n) is 8.76. The van der Waals surface area contributed by atoms with Crippen molar-refractivity contribution in [2.45, 2.75) is 143 Å². The number of carbonyl (C=O) groups excluding carboxylic acids is 1. The lowest BCUT2D eigenvalue weighted by Gasteiger charge is -2.50. The highest BCUT2D eigenvalue weighted by atomic mass is 16.8. The second-order valence-electron chi connectivity index (χ2n) is 12.3. The van der Waals surface area contributed by atoms with E-state index in [1.54, 1.807) is 0 Å². The highest BCUT2D eigenvalue weighted by Crippen LogP contribution is 2.36. The van der Waals surface area contributed by atoms with E-state index in [9.17, 15) is 55.9 Å². The minimum Gasteiger partial charge on any atom is -0.469 e. The first kappa shape index (κ1) is 40.3. The van der Waals surface area contributed by atoms with Gasteiger partial charge in [0.25, 0.3) is 0 Å². The van der Waals surface area contributed by atoms with E-state index in [2.05, 4.69) is 4.74 Å². The lowest BCUT2D eigenvalue weighted by atomic mass is 9.88. The van der Waals surface area contributed by atoms with E-state index in [-0.39, 0.29) is 12.6 Å². The van der Waals surface area contributed by atoms with Gasteiger partial charge in [-0.25, -0.2) is 0 Å². The molecule has 3 aliphatic rings. The van der Waals surface area contributed by atoms with Crippen molar-refractivity contribution in [3.8, 4) is 0 Å². The molecule has 3 aliphatic heterocycles. The second kappa shape index (κ2) is 18.7. The molecule has 3 fully saturated rings. The number of rotatable bonds is 17. The van der Waals surface area contributed by atoms with Gasteiger partial charge in [-0.15, -0.1) is 0 Å². The van der Waals surface area contributed by atoms with Crippen molar-refractivity contribution in [1.82, 2.24) is 0 Å². The van der Waals surface area contributed by atoms with E-state index in [0.717, 1.165) is 39.0 Å². The molecule has 18 nitrogen and oxygen atoms in total. The van der Waals surface area contributed by atoms with Crippen molar-refractivity contribution in [1.29, 1.82) is 0 Å². The summed E-state index contributed by atoms with van der Waals surface area (Å²) >= 11 is 0. The zero-order valence-corrected chi connectivity index (χ0v) is 26.6. The van der Waals surface area contributed by atoms with Crippen LogP contribution in [-0.4, -0.2) is 182 Å². The lowest BCUT2D eigenvalue weighted by molar-refractivity contribution is -0.400. The van der Waals surface area contributed by atoms with E-state index >= 15 is 0 Å². The third kappa shape index (κ3) is 9.97. The molecular formula is C29H52O18. The fourth-order valence-electron chi connectivity index (χ4n) is 5.73. The molecule has 0 radical (unpaired) electrons. The number of aliphatic hydroxyl groups is 10. The molecule has 3 rings (SSSR count). The molecule has 0 bridgehead atoms. The van der Waals surface area contributed by atoms with Gasteiger partial charge < -0.3 is 84.2 Å². The molecule has 0 aromatic heterocycles. The summed E-state index contributed by atoms with van der Waals surface area (Å²) in [7, 11) is 1.35. The first-order chi connectivity index (χ1) is 22.3. The summed E-state index contributed by atoms with van der Waals surface area (Å²) in [6, 6.07) is 0. The number of hydrogen-bond acceptors (Lipinski definition) is 18. The summed E-state index contributed by atoms with van der Waals surface area (Å²) in [6.45, 7) is -1.08. The van der Waals surface area contributed by atoms with Crippen LogP contribution in [-0.2, 0) is 38.0 Å². The Labute approximate surface area is 272 Å². The Morgan fingerprint density at radius 3 is 1.83 bits per heavy atom. The average Bonchev–Trinajstić information content (AvgIpc) is 3.05. The average molecular weight is 689 g/mol. The van der Waals surface area contributed by atoms with Crippen LogP contribution in [0.15, 0.2) is 0 Å². The van der Waals surface area contributed by atoms with Gasteiger partial charge in [-0.3, -0.25) is 4.79 Å². The van der Waals surface area contributed by atoms with Crippen LogP contribution in [0.25, 0.3) is 0 Å². The second-order valence-corrected chi connectivity index (χ2v) is 12.3. The fraction of sp³-hybridized carbons (Fsp3) is 0.966. The van der Waals surface area contributed by atoms with Crippen LogP contribution in [0.4, 0.5) is 0 Å². The van der Waals surface area contributed by atoms with Gasteiger partial charge in [0.05, 0.1) is 26.9 Å². The molecule has 0 saturated carbocycles. The number of carbonyl (C=O) groups is 1. The van der Waals surface area contributed by atoms with Gasteiger partial charge in [0, 0.05) is 13.0 Å². The number of esters is 1. The Kier molecular flexibility index (Phi) is 16.0. The Hall–Kier alpha value is -1.17. The summed E-state index contributed by atoms with van der Waals surface area (Å²) in [5.74, 6) is -0.249. The van der Waals surface area contributed by atoms with Gasteiger partial charge in [-0.05, 0) is 19.8 Å². The Balaban J connectivity index is 1.67. The van der Waals surface area contributed by atoms with E-state index in [4.69, 9.17) is 28.4 Å². The van der Waals surface area contributed by atoms with E-state index in [0.29, 0.717) is 12.8 Å². The van der Waals surface area contributed by atoms with Gasteiger partial charge in [0.15, 0.2) is 18.9 Å². The van der Waals surface area contributed by atoms with Gasteiger partial charge in [0.2, 0.25) is 0 Å². The number of unbranched alkanes of at least 4 members (excludes halogenated alkanes) is 5. The minimum absolute atomic E-state index is 0.141. The molecule has 15 atom stereocenters. The minimum atomic E-state index is -2.32. The van der Waals surface area contributed by atoms with Crippen LogP contribution in [0.1, 0.15) is 51.9 Å². The van der Waals surface area contributed by atoms with Crippen LogP contribution in [0, 0.1) is 0 Å². The first-order valence-electron chi connectivity index (χ1n) is 15.9. The van der Waals surface area contributed by atoms with Crippen molar-refractivity contribution >= 4 is 5.97 Å². The molecular weight excluding hydrogens is 636 g/mol. The van der Waals surface area contributed by atoms with Crippen LogP contribution < -0.4 is 0 Å². The summed E-state index contributed by atoms with van der Waals surface area (Å²) in [5, 5.41) is 104. The zero-order chi connectivity index (χ0) is 34.9. The predicted octanol–water partition coefficient (Wildman–Crippen LogP) is -4.25. The third-order valence-corrected chi connectivity index (χ3v) is 8.76. The first-order valence-corrected chi connectivity index (χ1v) is 15.9. The Morgan fingerprint density at radius 1 is 0.660 bits per heavy atom. The molecule has 10 N–H and O–H groups in total. The molecule has 0 spiro atoms. The molecule has 276 valence electrons. The molecule has 0 aliphatic carbocycles. The number of aliphatic hydroxyl groups excluding tert-OH is 9. The predicted molar refractivity (Wildman–Crippen MR) is 154 cm³/mol. The fourth-order valence-corrected chi connectivity index (χ4v) is 5.73. The zero-order valence-electron chi connectivity index (χ0n) is 26.6. The maximum absolute atomic E-state index is 11.2. The van der Waals surface area contributed by atoms with E-state index in [1.165, 1.54) is 7.11 Å². The molecule has 0 unspecified atom stereocenters. The molecule has 0 aromatic carbocycles. The summed E-state index contributed by atoms with van der Waals surface area (Å²) in [6.07, 6.45) is -18.1. The number of hydrogen-bond donors (Lipinski definition) is 10. The number of methoxy groups -OCH3 is 1. The Morgan fingerprint density at radius 2 is 1.21 bits per heavy atom. The van der Waals surface area contributed by atoms with Crippen molar-refractivity contribution in [3.05, 3.63) is 0 Å². The van der Waals surface area contributed by atoms with Crippen molar-refractivity contribution in [2.24, 2.45) is 0 Å². The van der Waals surface area contributed by atoms with Gasteiger partial charge in [-0.1, -0.05) is 25.7 Å². The molecule has 3 heterocycles. The van der Waals surface area contributed by atoms with Gasteiger partial charge in [0.1, 0.15) is 72.7 Å². The van der Waals surface area contributed by atoms with Crippen molar-refractivity contribution < 1.29 is 89.0 Å². The topological polar surface area (TPSA) is 284 Å². The number of ether oxygens (including phenoxy) is 7. The van der Waals surface area contributed by atoms with Crippen LogP contribution in [0.5, 0.6) is 0 Å². The van der Waals surface area contributed by atoms with Crippen molar-refractivity contribution in [2.75, 3.05) is 33.5 Å². The SMILES string of the molecule is COC(=O)CCCCCCCCO[C@H]1O[C@H](CO)[C@@H](O)[C@H](O[C@H]2O[C@H](CO)[C@@H](O)[C@H](O)[C@H]2O[C@H]2O[C@H](CO)[C@@H](O)[C@H](O)[C@@]2(C)O)[C@H]1O. The largest absolute Gasteiger partial charge is 0.469 e. The van der Waals surface area contributed by atoms with Crippen molar-refractivity contribution in [3.63, 3.8) is 0 Å².